The van der Waals surface area contributed by atoms with Gasteiger partial charge in [0.1, 0.15) is 16.3 Å². The maximum atomic E-state index is 13.0. The first-order valence-electron chi connectivity index (χ1n) is 8.49. The van der Waals surface area contributed by atoms with Crippen LogP contribution in [0.5, 0.6) is 11.5 Å². The number of fused-ring (bicyclic) bond motifs is 1. The molecule has 4 aromatic rings. The monoisotopic (exact) mass is 409 g/mol. The van der Waals surface area contributed by atoms with Gasteiger partial charge in [0.25, 0.3) is 10.0 Å². The van der Waals surface area contributed by atoms with Crippen molar-refractivity contribution in [2.75, 3.05) is 4.72 Å². The average Bonchev–Trinajstić information content (AvgIpc) is 3.15. The molecule has 0 unspecified atom stereocenters. The predicted molar refractivity (Wildman–Crippen MR) is 107 cm³/mol. The minimum Gasteiger partial charge on any atom is -0.478 e. The van der Waals surface area contributed by atoms with Crippen molar-refractivity contribution in [1.82, 2.24) is 9.97 Å². The summed E-state index contributed by atoms with van der Waals surface area (Å²) in [7, 11) is -4.05. The lowest BCUT2D eigenvalue weighted by Gasteiger charge is -2.14. The number of sulfonamides is 1. The minimum absolute atomic E-state index is 0.00648. The molecule has 2 heterocycles. The fraction of sp³-hybridized carbons (Fsp3) is 0. The molecule has 0 fully saturated rings. The molecule has 0 aliphatic carbocycles. The van der Waals surface area contributed by atoms with E-state index < -0.39 is 16.0 Å². The van der Waals surface area contributed by atoms with E-state index in [2.05, 4.69) is 14.7 Å². The zero-order valence-corrected chi connectivity index (χ0v) is 15.7. The summed E-state index contributed by atoms with van der Waals surface area (Å²) in [5.41, 5.74) is 0.351. The number of benzene rings is 2. The van der Waals surface area contributed by atoms with Gasteiger partial charge < -0.3 is 14.8 Å². The molecule has 9 heteroatoms. The summed E-state index contributed by atoms with van der Waals surface area (Å²) in [6.07, 6.45) is 2.88. The second-order valence-corrected chi connectivity index (χ2v) is 7.74. The molecule has 0 bridgehead atoms. The van der Waals surface area contributed by atoms with Crippen LogP contribution in [0, 0.1) is 0 Å². The largest absolute Gasteiger partial charge is 0.478 e. The number of nitrogens with one attached hydrogen (secondary N) is 2. The van der Waals surface area contributed by atoms with Gasteiger partial charge in [-0.2, -0.15) is 0 Å². The molecule has 0 aliphatic rings. The van der Waals surface area contributed by atoms with Gasteiger partial charge in [-0.1, -0.05) is 18.2 Å². The summed E-state index contributed by atoms with van der Waals surface area (Å²) in [5, 5.41) is 9.70. The summed E-state index contributed by atoms with van der Waals surface area (Å²) in [6.45, 7) is 0. The van der Waals surface area contributed by atoms with Gasteiger partial charge in [0, 0.05) is 17.8 Å². The van der Waals surface area contributed by atoms with Crippen LogP contribution in [0.1, 0.15) is 10.4 Å². The predicted octanol–water partition coefficient (Wildman–Crippen LogP) is 3.85. The van der Waals surface area contributed by atoms with E-state index in [9.17, 15) is 18.3 Å². The quantitative estimate of drug-likeness (QED) is 0.445. The number of rotatable bonds is 6. The molecule has 0 saturated heterocycles. The van der Waals surface area contributed by atoms with Crippen LogP contribution in [0.4, 0.5) is 5.69 Å². The molecule has 2 aromatic carbocycles. The molecule has 0 atom stereocenters. The number of aromatic carboxylic acids is 1. The van der Waals surface area contributed by atoms with Gasteiger partial charge in [0.15, 0.2) is 5.75 Å². The Morgan fingerprint density at radius 1 is 1.07 bits per heavy atom. The molecule has 0 radical (unpaired) electrons. The Morgan fingerprint density at radius 3 is 2.62 bits per heavy atom. The van der Waals surface area contributed by atoms with Crippen molar-refractivity contribution < 1.29 is 23.1 Å². The number of aromatic nitrogens is 2. The highest BCUT2D eigenvalue weighted by atomic mass is 32.2. The Balaban J connectivity index is 1.76. The van der Waals surface area contributed by atoms with Crippen LogP contribution in [0.3, 0.4) is 0 Å². The third kappa shape index (κ3) is 3.76. The maximum Gasteiger partial charge on any atom is 0.335 e. The number of hydrogen-bond donors (Lipinski definition) is 3. The van der Waals surface area contributed by atoms with Crippen molar-refractivity contribution >= 4 is 32.7 Å². The second kappa shape index (κ2) is 7.28. The fourth-order valence-electron chi connectivity index (χ4n) is 2.80. The van der Waals surface area contributed by atoms with Gasteiger partial charge in [-0.15, -0.1) is 0 Å². The topological polar surface area (TPSA) is 121 Å². The van der Waals surface area contributed by atoms with Crippen LogP contribution in [-0.2, 0) is 10.0 Å². The van der Waals surface area contributed by atoms with E-state index in [1.807, 2.05) is 6.07 Å². The highest BCUT2D eigenvalue weighted by Crippen LogP contribution is 2.33. The number of pyridine rings is 1. The Labute approximate surface area is 165 Å². The molecule has 3 N–H and O–H groups in total. The summed E-state index contributed by atoms with van der Waals surface area (Å²) in [6, 6.07) is 16.0. The first kappa shape index (κ1) is 18.5. The van der Waals surface area contributed by atoms with E-state index in [1.165, 1.54) is 24.4 Å². The molecule has 4 rings (SSSR count). The lowest BCUT2D eigenvalue weighted by molar-refractivity contribution is 0.0697. The van der Waals surface area contributed by atoms with Crippen molar-refractivity contribution in [1.29, 1.82) is 0 Å². The number of anilines is 1. The number of hydrogen-bond acceptors (Lipinski definition) is 5. The highest BCUT2D eigenvalue weighted by Gasteiger charge is 2.22. The van der Waals surface area contributed by atoms with Crippen molar-refractivity contribution in [2.45, 2.75) is 4.90 Å². The van der Waals surface area contributed by atoms with E-state index in [-0.39, 0.29) is 21.9 Å². The number of ether oxygens (including phenoxy) is 1. The van der Waals surface area contributed by atoms with Crippen molar-refractivity contribution in [3.63, 3.8) is 0 Å². The van der Waals surface area contributed by atoms with Crippen molar-refractivity contribution in [3.05, 3.63) is 78.6 Å². The molecule has 2 aromatic heterocycles. The smallest absolute Gasteiger partial charge is 0.335 e. The SMILES string of the molecule is O=C(O)c1ccc(Oc2ccccc2)c(NS(=O)(=O)c2c[nH]c3ncccc23)c1. The lowest BCUT2D eigenvalue weighted by Crippen LogP contribution is -2.14. The van der Waals surface area contributed by atoms with Gasteiger partial charge in [-0.25, -0.2) is 18.2 Å². The van der Waals surface area contributed by atoms with E-state index in [4.69, 9.17) is 4.74 Å². The summed E-state index contributed by atoms with van der Waals surface area (Å²) < 4.78 is 34.2. The third-order valence-electron chi connectivity index (χ3n) is 4.14. The third-order valence-corrected chi connectivity index (χ3v) is 5.55. The van der Waals surface area contributed by atoms with Crippen LogP contribution in [-0.4, -0.2) is 29.5 Å². The van der Waals surface area contributed by atoms with Gasteiger partial charge >= 0.3 is 5.97 Å². The summed E-state index contributed by atoms with van der Waals surface area (Å²) in [5.74, 6) is -0.539. The van der Waals surface area contributed by atoms with Gasteiger partial charge in [-0.3, -0.25) is 4.72 Å². The lowest BCUT2D eigenvalue weighted by atomic mass is 10.2. The van der Waals surface area contributed by atoms with Crippen LogP contribution in [0.2, 0.25) is 0 Å². The highest BCUT2D eigenvalue weighted by molar-refractivity contribution is 7.93. The van der Waals surface area contributed by atoms with E-state index >= 15 is 0 Å². The van der Waals surface area contributed by atoms with Gasteiger partial charge in [0.2, 0.25) is 0 Å². The standard InChI is InChI=1S/C20H15N3O5S/c24-20(25)13-8-9-17(28-14-5-2-1-3-6-14)16(11-13)23-29(26,27)18-12-22-19-15(18)7-4-10-21-19/h1-12,23H,(H,21,22)(H,24,25). The van der Waals surface area contributed by atoms with Gasteiger partial charge in [0.05, 0.1) is 11.3 Å². The van der Waals surface area contributed by atoms with Crippen LogP contribution >= 0.6 is 0 Å². The van der Waals surface area contributed by atoms with Crippen LogP contribution in [0.15, 0.2) is 78.0 Å². The average molecular weight is 409 g/mol. The number of nitrogens with zero attached hydrogens (tertiary/aromatic N) is 1. The summed E-state index contributed by atoms with van der Waals surface area (Å²) >= 11 is 0. The Bertz CT molecular complexity index is 1300. The number of carboxylic acids is 1. The summed E-state index contributed by atoms with van der Waals surface area (Å²) in [4.78, 5) is 18.2. The molecule has 0 aliphatic heterocycles. The van der Waals surface area contributed by atoms with Crippen molar-refractivity contribution in [2.24, 2.45) is 0 Å². The molecule has 146 valence electrons. The van der Waals surface area contributed by atoms with E-state index in [0.29, 0.717) is 16.8 Å². The first-order valence-corrected chi connectivity index (χ1v) is 9.97. The molecular weight excluding hydrogens is 394 g/mol. The molecule has 0 amide bonds. The Hall–Kier alpha value is -3.85. The van der Waals surface area contributed by atoms with E-state index in [0.717, 1.165) is 0 Å². The number of carboxylic acid groups (broad SMARTS) is 1. The number of carbonyl (C=O) groups is 1. The van der Waals surface area contributed by atoms with Gasteiger partial charge in [-0.05, 0) is 42.5 Å². The van der Waals surface area contributed by atoms with E-state index in [1.54, 1.807) is 42.6 Å². The maximum absolute atomic E-state index is 13.0. The molecular formula is C20H15N3O5S. The Morgan fingerprint density at radius 2 is 1.86 bits per heavy atom. The van der Waals surface area contributed by atoms with Crippen LogP contribution in [0.25, 0.3) is 11.0 Å². The fourth-order valence-corrected chi connectivity index (χ4v) is 4.03. The number of aromatic amines is 1. The van der Waals surface area contributed by atoms with Crippen LogP contribution < -0.4 is 9.46 Å². The Kier molecular flexibility index (Phi) is 4.65. The first-order chi connectivity index (χ1) is 13.9. The zero-order valence-electron chi connectivity index (χ0n) is 14.9. The molecule has 0 spiro atoms. The second-order valence-electron chi connectivity index (χ2n) is 6.09. The molecule has 8 nitrogen and oxygen atoms in total. The molecule has 29 heavy (non-hydrogen) atoms. The minimum atomic E-state index is -4.05. The number of para-hydroxylation sites is 1. The van der Waals surface area contributed by atoms with Crippen molar-refractivity contribution in [3.8, 4) is 11.5 Å². The zero-order chi connectivity index (χ0) is 20.4. The molecule has 0 saturated carbocycles. The number of H-pyrrole nitrogens is 1. The normalized spacial score (nSPS) is 11.3.